The lowest BCUT2D eigenvalue weighted by atomic mass is 10.0. The summed E-state index contributed by atoms with van der Waals surface area (Å²) in [5.41, 5.74) is 4.56. The number of ether oxygens (including phenoxy) is 1. The van der Waals surface area contributed by atoms with Gasteiger partial charge >= 0.3 is 0 Å². The van der Waals surface area contributed by atoms with E-state index in [9.17, 15) is 0 Å². The van der Waals surface area contributed by atoms with Crippen LogP contribution in [0.15, 0.2) is 16.7 Å². The molecule has 1 fully saturated rings. The average molecular weight is 490 g/mol. The van der Waals surface area contributed by atoms with E-state index in [4.69, 9.17) is 9.26 Å². The molecule has 186 valence electrons. The average Bonchev–Trinajstić information content (AvgIpc) is 3.43. The van der Waals surface area contributed by atoms with Crippen LogP contribution in [0.4, 0.5) is 16.0 Å². The van der Waals surface area contributed by atoms with Gasteiger partial charge in [-0.25, -0.2) is 19.0 Å². The van der Waals surface area contributed by atoms with Crippen molar-refractivity contribution in [1.82, 2.24) is 29.9 Å². The lowest BCUT2D eigenvalue weighted by molar-refractivity contribution is 0.393. The van der Waals surface area contributed by atoms with Gasteiger partial charge in [-0.3, -0.25) is 0 Å². The first-order chi connectivity index (χ1) is 17.3. The number of benzene rings is 1. The van der Waals surface area contributed by atoms with E-state index in [1.54, 1.807) is 11.8 Å². The standard InChI is InChI=1S/C26H28FN7O2/c1-11(2)34-26(22(27)23(32-34)15-7-8-15)31-25-21-16-10-19(35-6)17(20-12(3)33-36-13(20)4)9-18(16)30-24(21)28-14(5)29-25/h9-11,15H,7-8H2,1-6H3,(H2,28,29,30,31). The summed E-state index contributed by atoms with van der Waals surface area (Å²) in [4.78, 5) is 12.7. The number of nitrogens with zero attached hydrogens (tertiary/aromatic N) is 5. The summed E-state index contributed by atoms with van der Waals surface area (Å²) in [5, 5.41) is 13.6. The molecule has 1 aliphatic rings. The van der Waals surface area contributed by atoms with Crippen LogP contribution >= 0.6 is 0 Å². The number of halogens is 1. The molecule has 5 aromatic rings. The van der Waals surface area contributed by atoms with Gasteiger partial charge in [0.2, 0.25) is 0 Å². The Morgan fingerprint density at radius 3 is 2.61 bits per heavy atom. The van der Waals surface area contributed by atoms with Gasteiger partial charge in [-0.2, -0.15) is 5.10 Å². The third-order valence-electron chi connectivity index (χ3n) is 6.75. The highest BCUT2D eigenvalue weighted by Crippen LogP contribution is 2.44. The Labute approximate surface area is 207 Å². The van der Waals surface area contributed by atoms with Gasteiger partial charge in [-0.1, -0.05) is 5.16 Å². The Morgan fingerprint density at radius 2 is 1.97 bits per heavy atom. The fourth-order valence-electron chi connectivity index (χ4n) is 4.91. The van der Waals surface area contributed by atoms with Crippen molar-refractivity contribution in [3.05, 3.63) is 40.9 Å². The van der Waals surface area contributed by atoms with Crippen LogP contribution in [-0.4, -0.2) is 37.0 Å². The normalized spacial score (nSPS) is 13.9. The van der Waals surface area contributed by atoms with E-state index < -0.39 is 0 Å². The van der Waals surface area contributed by atoms with Crippen molar-refractivity contribution in [2.24, 2.45) is 0 Å². The Balaban J connectivity index is 1.56. The number of aryl methyl sites for hydroxylation is 3. The quantitative estimate of drug-likeness (QED) is 0.291. The molecule has 6 rings (SSSR count). The molecule has 0 bridgehead atoms. The topological polar surface area (TPSA) is 107 Å². The van der Waals surface area contributed by atoms with E-state index in [2.05, 4.69) is 30.5 Å². The number of fused-ring (bicyclic) bond motifs is 3. The third-order valence-corrected chi connectivity index (χ3v) is 6.75. The summed E-state index contributed by atoms with van der Waals surface area (Å²) >= 11 is 0. The van der Waals surface area contributed by atoms with E-state index >= 15 is 4.39 Å². The van der Waals surface area contributed by atoms with Crippen LogP contribution in [0.5, 0.6) is 5.75 Å². The van der Waals surface area contributed by atoms with Crippen LogP contribution in [0.3, 0.4) is 0 Å². The molecule has 0 spiro atoms. The number of methoxy groups -OCH3 is 1. The summed E-state index contributed by atoms with van der Waals surface area (Å²) in [6, 6.07) is 3.94. The van der Waals surface area contributed by atoms with Crippen molar-refractivity contribution in [2.45, 2.75) is 59.4 Å². The molecule has 0 saturated heterocycles. The molecule has 1 aliphatic carbocycles. The number of aromatic nitrogens is 6. The molecule has 10 heteroatoms. The van der Waals surface area contributed by atoms with Gasteiger partial charge in [0.05, 0.1) is 23.8 Å². The molecule has 4 aromatic heterocycles. The molecular weight excluding hydrogens is 461 g/mol. The van der Waals surface area contributed by atoms with Gasteiger partial charge in [0.25, 0.3) is 0 Å². The van der Waals surface area contributed by atoms with E-state index in [0.717, 1.165) is 46.0 Å². The van der Waals surface area contributed by atoms with Crippen molar-refractivity contribution in [2.75, 3.05) is 12.4 Å². The van der Waals surface area contributed by atoms with Crippen LogP contribution in [0, 0.1) is 26.6 Å². The van der Waals surface area contributed by atoms with E-state index in [-0.39, 0.29) is 17.8 Å². The van der Waals surface area contributed by atoms with Crippen LogP contribution in [0.25, 0.3) is 33.1 Å². The molecule has 2 N–H and O–H groups in total. The second-order valence-electron chi connectivity index (χ2n) is 9.75. The van der Waals surface area contributed by atoms with E-state index in [1.165, 1.54) is 0 Å². The zero-order chi connectivity index (χ0) is 25.3. The highest BCUT2D eigenvalue weighted by atomic mass is 19.1. The number of aromatic amines is 1. The van der Waals surface area contributed by atoms with Crippen LogP contribution in [-0.2, 0) is 0 Å². The van der Waals surface area contributed by atoms with Gasteiger partial charge in [0.15, 0.2) is 11.6 Å². The number of nitrogens with one attached hydrogen (secondary N) is 2. The molecule has 0 unspecified atom stereocenters. The van der Waals surface area contributed by atoms with Crippen LogP contribution < -0.4 is 10.1 Å². The Bertz CT molecular complexity index is 1620. The zero-order valence-corrected chi connectivity index (χ0v) is 21.2. The predicted molar refractivity (Wildman–Crippen MR) is 135 cm³/mol. The monoisotopic (exact) mass is 489 g/mol. The highest BCUT2D eigenvalue weighted by Gasteiger charge is 2.33. The number of hydrogen-bond donors (Lipinski definition) is 2. The summed E-state index contributed by atoms with van der Waals surface area (Å²) in [5.74, 6) is 2.65. The highest BCUT2D eigenvalue weighted by molar-refractivity contribution is 6.13. The van der Waals surface area contributed by atoms with Gasteiger partial charge < -0.3 is 19.6 Å². The minimum Gasteiger partial charge on any atom is -0.496 e. The van der Waals surface area contributed by atoms with Crippen molar-refractivity contribution in [1.29, 1.82) is 0 Å². The largest absolute Gasteiger partial charge is 0.496 e. The first-order valence-electron chi connectivity index (χ1n) is 12.1. The Hall–Kier alpha value is -3.95. The molecule has 1 saturated carbocycles. The van der Waals surface area contributed by atoms with Crippen LogP contribution in [0.1, 0.15) is 61.6 Å². The molecule has 0 atom stereocenters. The summed E-state index contributed by atoms with van der Waals surface area (Å²) in [7, 11) is 1.63. The lowest BCUT2D eigenvalue weighted by Crippen LogP contribution is -2.09. The summed E-state index contributed by atoms with van der Waals surface area (Å²) in [6.45, 7) is 9.57. The Kier molecular flexibility index (Phi) is 5.03. The number of rotatable bonds is 6. The first kappa shape index (κ1) is 22.5. The van der Waals surface area contributed by atoms with Crippen molar-refractivity contribution < 1.29 is 13.7 Å². The fraction of sp³-hybridized carbons (Fsp3) is 0.385. The molecule has 9 nitrogen and oxygen atoms in total. The predicted octanol–water partition coefficient (Wildman–Crippen LogP) is 6.24. The van der Waals surface area contributed by atoms with Gasteiger partial charge in [-0.15, -0.1) is 0 Å². The molecule has 0 radical (unpaired) electrons. The number of H-pyrrole nitrogens is 1. The summed E-state index contributed by atoms with van der Waals surface area (Å²) in [6.07, 6.45) is 1.94. The maximum Gasteiger partial charge on any atom is 0.188 e. The second kappa shape index (κ2) is 8.04. The smallest absolute Gasteiger partial charge is 0.188 e. The minimum atomic E-state index is -0.311. The third kappa shape index (κ3) is 3.42. The fourth-order valence-corrected chi connectivity index (χ4v) is 4.91. The first-order valence-corrected chi connectivity index (χ1v) is 12.1. The van der Waals surface area contributed by atoms with Crippen molar-refractivity contribution in [3.8, 4) is 16.9 Å². The minimum absolute atomic E-state index is 0.0198. The van der Waals surface area contributed by atoms with E-state index in [1.807, 2.05) is 46.8 Å². The summed E-state index contributed by atoms with van der Waals surface area (Å²) < 4.78 is 28.4. The number of hydrogen-bond acceptors (Lipinski definition) is 7. The van der Waals surface area contributed by atoms with E-state index in [0.29, 0.717) is 40.3 Å². The lowest BCUT2D eigenvalue weighted by Gasteiger charge is -2.13. The Morgan fingerprint density at radius 1 is 1.19 bits per heavy atom. The zero-order valence-electron chi connectivity index (χ0n) is 21.2. The van der Waals surface area contributed by atoms with Gasteiger partial charge in [0.1, 0.15) is 34.5 Å². The number of anilines is 2. The van der Waals surface area contributed by atoms with Gasteiger partial charge in [-0.05, 0) is 59.6 Å². The molecule has 1 aromatic carbocycles. The molecular formula is C26H28FN7O2. The maximum atomic E-state index is 15.5. The maximum absolute atomic E-state index is 15.5. The second-order valence-corrected chi connectivity index (χ2v) is 9.75. The van der Waals surface area contributed by atoms with Crippen LogP contribution in [0.2, 0.25) is 0 Å². The van der Waals surface area contributed by atoms with Crippen molar-refractivity contribution in [3.63, 3.8) is 0 Å². The van der Waals surface area contributed by atoms with Gasteiger partial charge in [0, 0.05) is 28.4 Å². The van der Waals surface area contributed by atoms with Crippen molar-refractivity contribution >= 4 is 33.6 Å². The molecule has 0 aliphatic heterocycles. The molecule has 0 amide bonds. The molecule has 36 heavy (non-hydrogen) atoms. The SMILES string of the molecule is COc1cc2c(cc1-c1c(C)noc1C)[nH]c1nc(C)nc(Nc3c(F)c(C4CC4)nn3C(C)C)c12. The molecule has 4 heterocycles.